The van der Waals surface area contributed by atoms with Gasteiger partial charge >= 0.3 is 0 Å². The SMILES string of the molecule is CC(C)C(=O)NC(C)c1nnc2n1CCN(Cc1cccc(Cl)c1)CC2. The number of benzene rings is 1. The third-order valence-electron chi connectivity index (χ3n) is 4.71. The normalized spacial score (nSPS) is 16.2. The second-order valence-corrected chi connectivity index (χ2v) is 7.60. The Hall–Kier alpha value is -1.92. The molecule has 0 saturated heterocycles. The molecule has 0 saturated carbocycles. The number of amides is 1. The number of carbonyl (C=O) groups excluding carboxylic acids is 1. The van der Waals surface area contributed by atoms with Gasteiger partial charge in [-0.25, -0.2) is 0 Å². The average molecular weight is 376 g/mol. The Morgan fingerprint density at radius 3 is 2.77 bits per heavy atom. The molecule has 2 heterocycles. The number of nitrogens with zero attached hydrogens (tertiary/aromatic N) is 4. The second-order valence-electron chi connectivity index (χ2n) is 7.17. The van der Waals surface area contributed by atoms with Crippen molar-refractivity contribution < 1.29 is 4.79 Å². The smallest absolute Gasteiger partial charge is 0.223 e. The van der Waals surface area contributed by atoms with Crippen LogP contribution in [0.5, 0.6) is 0 Å². The Labute approximate surface area is 159 Å². The quantitative estimate of drug-likeness (QED) is 0.872. The first-order chi connectivity index (χ1) is 12.4. The second kappa shape index (κ2) is 8.18. The van der Waals surface area contributed by atoms with Gasteiger partial charge in [0.05, 0.1) is 6.04 Å². The van der Waals surface area contributed by atoms with Crippen LogP contribution in [0, 0.1) is 5.92 Å². The van der Waals surface area contributed by atoms with Crippen molar-refractivity contribution in [2.75, 3.05) is 13.1 Å². The zero-order valence-electron chi connectivity index (χ0n) is 15.6. The standard InChI is InChI=1S/C19H26ClN5O/c1-13(2)19(26)21-14(3)18-23-22-17-7-8-24(9-10-25(17)18)12-15-5-4-6-16(20)11-15/h4-6,11,13-14H,7-10,12H2,1-3H3,(H,21,26). The summed E-state index contributed by atoms with van der Waals surface area (Å²) >= 11 is 6.09. The van der Waals surface area contributed by atoms with Crippen molar-refractivity contribution in [3.63, 3.8) is 0 Å². The monoisotopic (exact) mass is 375 g/mol. The first-order valence-corrected chi connectivity index (χ1v) is 9.51. The Bertz CT molecular complexity index is 773. The third kappa shape index (κ3) is 4.43. The van der Waals surface area contributed by atoms with Crippen molar-refractivity contribution in [3.8, 4) is 0 Å². The highest BCUT2D eigenvalue weighted by Gasteiger charge is 2.23. The van der Waals surface area contributed by atoms with Gasteiger partial charge in [-0.3, -0.25) is 9.69 Å². The molecule has 1 atom stereocenters. The van der Waals surface area contributed by atoms with Gasteiger partial charge in [-0.2, -0.15) is 0 Å². The third-order valence-corrected chi connectivity index (χ3v) is 4.95. The van der Waals surface area contributed by atoms with Crippen LogP contribution in [0.15, 0.2) is 24.3 Å². The maximum absolute atomic E-state index is 12.0. The number of carbonyl (C=O) groups is 1. The minimum atomic E-state index is -0.148. The van der Waals surface area contributed by atoms with Crippen molar-refractivity contribution in [2.24, 2.45) is 5.92 Å². The van der Waals surface area contributed by atoms with Gasteiger partial charge < -0.3 is 9.88 Å². The summed E-state index contributed by atoms with van der Waals surface area (Å²) < 4.78 is 2.16. The van der Waals surface area contributed by atoms with E-state index >= 15 is 0 Å². The molecule has 140 valence electrons. The lowest BCUT2D eigenvalue weighted by atomic mass is 10.2. The molecular weight excluding hydrogens is 350 g/mol. The summed E-state index contributed by atoms with van der Waals surface area (Å²) in [5.74, 6) is 1.81. The minimum absolute atomic E-state index is 0.0334. The van der Waals surface area contributed by atoms with Gasteiger partial charge in [0.2, 0.25) is 5.91 Å². The topological polar surface area (TPSA) is 63.1 Å². The number of rotatable bonds is 5. The summed E-state index contributed by atoms with van der Waals surface area (Å²) in [7, 11) is 0. The minimum Gasteiger partial charge on any atom is -0.346 e. The van der Waals surface area contributed by atoms with Gasteiger partial charge in [0, 0.05) is 43.5 Å². The van der Waals surface area contributed by atoms with Crippen molar-refractivity contribution in [3.05, 3.63) is 46.5 Å². The predicted octanol–water partition coefficient (Wildman–Crippen LogP) is 2.82. The summed E-state index contributed by atoms with van der Waals surface area (Å²) in [4.78, 5) is 14.4. The molecule has 1 aliphatic heterocycles. The summed E-state index contributed by atoms with van der Waals surface area (Å²) in [5, 5.41) is 12.5. The lowest BCUT2D eigenvalue weighted by Crippen LogP contribution is -2.32. The highest BCUT2D eigenvalue weighted by atomic mass is 35.5. The molecule has 3 rings (SSSR count). The van der Waals surface area contributed by atoms with E-state index in [0.29, 0.717) is 0 Å². The molecule has 6 nitrogen and oxygen atoms in total. The molecular formula is C19H26ClN5O. The van der Waals surface area contributed by atoms with Crippen LogP contribution >= 0.6 is 11.6 Å². The van der Waals surface area contributed by atoms with E-state index in [4.69, 9.17) is 11.6 Å². The molecule has 7 heteroatoms. The Kier molecular flexibility index (Phi) is 5.94. The number of fused-ring (bicyclic) bond motifs is 1. The van der Waals surface area contributed by atoms with E-state index in [9.17, 15) is 4.79 Å². The first-order valence-electron chi connectivity index (χ1n) is 9.13. The molecule has 1 amide bonds. The van der Waals surface area contributed by atoms with E-state index in [1.165, 1.54) is 5.56 Å². The fourth-order valence-electron chi connectivity index (χ4n) is 3.21. The lowest BCUT2D eigenvalue weighted by molar-refractivity contribution is -0.124. The number of nitrogens with one attached hydrogen (secondary N) is 1. The zero-order valence-corrected chi connectivity index (χ0v) is 16.3. The summed E-state index contributed by atoms with van der Waals surface area (Å²) in [6.45, 7) is 9.27. The maximum Gasteiger partial charge on any atom is 0.223 e. The molecule has 0 radical (unpaired) electrons. The van der Waals surface area contributed by atoms with Crippen LogP contribution in [0.1, 0.15) is 44.0 Å². The Morgan fingerprint density at radius 2 is 2.04 bits per heavy atom. The molecule has 0 aliphatic carbocycles. The van der Waals surface area contributed by atoms with Crippen LogP contribution in [0.2, 0.25) is 5.02 Å². The summed E-state index contributed by atoms with van der Waals surface area (Å²) in [5.41, 5.74) is 1.22. The van der Waals surface area contributed by atoms with Crippen LogP contribution in [0.25, 0.3) is 0 Å². The number of aromatic nitrogens is 3. The van der Waals surface area contributed by atoms with Crippen molar-refractivity contribution in [1.29, 1.82) is 0 Å². The van der Waals surface area contributed by atoms with E-state index in [2.05, 4.69) is 31.0 Å². The molecule has 1 aliphatic rings. The molecule has 26 heavy (non-hydrogen) atoms. The summed E-state index contributed by atoms with van der Waals surface area (Å²) in [6.07, 6.45) is 0.846. The molecule has 1 N–H and O–H groups in total. The van der Waals surface area contributed by atoms with Crippen molar-refractivity contribution in [2.45, 2.75) is 46.3 Å². The Morgan fingerprint density at radius 1 is 1.23 bits per heavy atom. The zero-order chi connectivity index (χ0) is 18.7. The molecule has 1 unspecified atom stereocenters. The molecule has 1 aromatic heterocycles. The average Bonchev–Trinajstić information content (AvgIpc) is 2.90. The molecule has 0 fully saturated rings. The van der Waals surface area contributed by atoms with Gasteiger partial charge in [-0.1, -0.05) is 37.6 Å². The van der Waals surface area contributed by atoms with Gasteiger partial charge in [-0.15, -0.1) is 10.2 Å². The number of hydrogen-bond donors (Lipinski definition) is 1. The van der Waals surface area contributed by atoms with Crippen LogP contribution < -0.4 is 5.32 Å². The molecule has 0 bridgehead atoms. The van der Waals surface area contributed by atoms with Crippen LogP contribution in [-0.2, 0) is 24.3 Å². The van der Waals surface area contributed by atoms with Crippen LogP contribution in [0.3, 0.4) is 0 Å². The van der Waals surface area contributed by atoms with Crippen molar-refractivity contribution in [1.82, 2.24) is 25.0 Å². The first kappa shape index (κ1) is 18.9. The maximum atomic E-state index is 12.0. The van der Waals surface area contributed by atoms with Gasteiger partial charge in [0.1, 0.15) is 5.82 Å². The van der Waals surface area contributed by atoms with Gasteiger partial charge in [-0.05, 0) is 24.6 Å². The van der Waals surface area contributed by atoms with E-state index in [0.717, 1.165) is 49.3 Å². The fraction of sp³-hybridized carbons (Fsp3) is 0.526. The van der Waals surface area contributed by atoms with Crippen LogP contribution in [-0.4, -0.2) is 38.7 Å². The highest BCUT2D eigenvalue weighted by molar-refractivity contribution is 6.30. The molecule has 1 aromatic carbocycles. The molecule has 0 spiro atoms. The van der Waals surface area contributed by atoms with Gasteiger partial charge in [0.25, 0.3) is 0 Å². The van der Waals surface area contributed by atoms with Crippen molar-refractivity contribution >= 4 is 17.5 Å². The van der Waals surface area contributed by atoms with Gasteiger partial charge in [0.15, 0.2) is 5.82 Å². The molecule has 2 aromatic rings. The van der Waals surface area contributed by atoms with E-state index < -0.39 is 0 Å². The highest BCUT2D eigenvalue weighted by Crippen LogP contribution is 2.18. The van der Waals surface area contributed by atoms with Crippen LogP contribution in [0.4, 0.5) is 0 Å². The summed E-state index contributed by atoms with van der Waals surface area (Å²) in [6, 6.07) is 7.86. The largest absolute Gasteiger partial charge is 0.346 e. The fourth-order valence-corrected chi connectivity index (χ4v) is 3.42. The number of hydrogen-bond acceptors (Lipinski definition) is 4. The Balaban J connectivity index is 1.67. The van der Waals surface area contributed by atoms with E-state index in [1.54, 1.807) is 0 Å². The lowest BCUT2D eigenvalue weighted by Gasteiger charge is -2.20. The van der Waals surface area contributed by atoms with E-state index in [-0.39, 0.29) is 17.9 Å². The van der Waals surface area contributed by atoms with E-state index in [1.807, 2.05) is 39.0 Å². The predicted molar refractivity (Wildman–Crippen MR) is 102 cm³/mol. The number of halogens is 1.